The van der Waals surface area contributed by atoms with Crippen molar-refractivity contribution in [1.82, 2.24) is 4.90 Å². The third-order valence-corrected chi connectivity index (χ3v) is 6.79. The van der Waals surface area contributed by atoms with E-state index in [0.29, 0.717) is 24.8 Å². The van der Waals surface area contributed by atoms with Crippen molar-refractivity contribution >= 4 is 12.0 Å². The molecule has 0 amide bonds. The van der Waals surface area contributed by atoms with E-state index in [1.165, 1.54) is 6.08 Å². The first-order chi connectivity index (χ1) is 17.3. The molecule has 1 heterocycles. The van der Waals surface area contributed by atoms with Gasteiger partial charge in [-0.2, -0.15) is 0 Å². The summed E-state index contributed by atoms with van der Waals surface area (Å²) >= 11 is 0. The highest BCUT2D eigenvalue weighted by molar-refractivity contribution is 5.87. The minimum Gasteiger partial charge on any atom is -0.463 e. The van der Waals surface area contributed by atoms with Gasteiger partial charge in [0.15, 0.2) is 0 Å². The molecule has 6 heteroatoms. The van der Waals surface area contributed by atoms with E-state index in [1.54, 1.807) is 26.0 Å². The molecule has 1 aliphatic rings. The Bertz CT molecular complexity index is 1040. The molecule has 0 radical (unpaired) electrons. The van der Waals surface area contributed by atoms with Gasteiger partial charge < -0.3 is 14.6 Å². The van der Waals surface area contributed by atoms with Crippen molar-refractivity contribution in [3.05, 3.63) is 76.1 Å². The van der Waals surface area contributed by atoms with E-state index in [-0.39, 0.29) is 24.5 Å². The zero-order chi connectivity index (χ0) is 26.1. The summed E-state index contributed by atoms with van der Waals surface area (Å²) in [6, 6.07) is 11.8. The summed E-state index contributed by atoms with van der Waals surface area (Å²) in [7, 11) is 0. The van der Waals surface area contributed by atoms with Gasteiger partial charge in [-0.05, 0) is 87.4 Å². The normalized spacial score (nSPS) is 18.0. The zero-order valence-electron chi connectivity index (χ0n) is 22.0. The van der Waals surface area contributed by atoms with Crippen molar-refractivity contribution in [2.75, 3.05) is 26.3 Å². The highest BCUT2D eigenvalue weighted by atomic mass is 19.1. The summed E-state index contributed by atoms with van der Waals surface area (Å²) in [4.78, 5) is 14.1. The molecule has 0 spiro atoms. The van der Waals surface area contributed by atoms with Gasteiger partial charge in [0.1, 0.15) is 5.82 Å². The van der Waals surface area contributed by atoms with Gasteiger partial charge in [-0.1, -0.05) is 42.8 Å². The van der Waals surface area contributed by atoms with E-state index < -0.39 is 6.10 Å². The lowest BCUT2D eigenvalue weighted by Gasteiger charge is -2.28. The van der Waals surface area contributed by atoms with Gasteiger partial charge in [0.25, 0.3) is 0 Å². The van der Waals surface area contributed by atoms with E-state index in [4.69, 9.17) is 9.47 Å². The van der Waals surface area contributed by atoms with Crippen LogP contribution in [0.5, 0.6) is 0 Å². The highest BCUT2D eigenvalue weighted by Crippen LogP contribution is 2.28. The number of rotatable bonds is 12. The molecule has 1 N–H and O–H groups in total. The smallest absolute Gasteiger partial charge is 0.330 e. The summed E-state index contributed by atoms with van der Waals surface area (Å²) in [5.74, 6) is -0.536. The fourth-order valence-electron chi connectivity index (χ4n) is 4.86. The minimum atomic E-state index is -0.627. The van der Waals surface area contributed by atoms with Crippen LogP contribution in [0.15, 0.2) is 42.5 Å². The average molecular weight is 498 g/mol. The van der Waals surface area contributed by atoms with Crippen LogP contribution in [-0.4, -0.2) is 54.4 Å². The molecule has 0 unspecified atom stereocenters. The molecule has 1 saturated heterocycles. The van der Waals surface area contributed by atoms with Crippen molar-refractivity contribution in [2.45, 2.75) is 71.6 Å². The number of halogens is 1. The molecule has 2 aromatic rings. The molecule has 36 heavy (non-hydrogen) atoms. The highest BCUT2D eigenvalue weighted by Gasteiger charge is 2.27. The number of hydrogen-bond donors (Lipinski definition) is 1. The number of β-amino-alcohol motifs (C(OH)–C–C–N with tert-alkyl or cyclic N) is 1. The number of hydrogen-bond acceptors (Lipinski definition) is 5. The summed E-state index contributed by atoms with van der Waals surface area (Å²) in [5.41, 5.74) is 4.64. The minimum absolute atomic E-state index is 0.163. The quantitative estimate of drug-likeness (QED) is 0.308. The third-order valence-electron chi connectivity index (χ3n) is 6.79. The second-order valence-electron chi connectivity index (χ2n) is 9.68. The fourth-order valence-corrected chi connectivity index (χ4v) is 4.86. The Morgan fingerprint density at radius 3 is 2.75 bits per heavy atom. The Labute approximate surface area is 214 Å². The number of aryl methyl sites for hydroxylation is 2. The Hall–Kier alpha value is -2.54. The van der Waals surface area contributed by atoms with E-state index in [1.807, 2.05) is 44.2 Å². The molecule has 5 nitrogen and oxygen atoms in total. The van der Waals surface area contributed by atoms with Crippen molar-refractivity contribution < 1.29 is 23.8 Å². The Morgan fingerprint density at radius 1 is 1.22 bits per heavy atom. The first-order valence-corrected chi connectivity index (χ1v) is 13.0. The van der Waals surface area contributed by atoms with Crippen LogP contribution in [0, 0.1) is 19.7 Å². The number of benzene rings is 2. The molecular formula is C30H40FNO4. The lowest BCUT2D eigenvalue weighted by Crippen LogP contribution is -2.39. The number of carbonyl (C=O) groups excluding carboxylic acids is 1. The van der Waals surface area contributed by atoms with Crippen molar-refractivity contribution in [3.63, 3.8) is 0 Å². The molecule has 0 aliphatic carbocycles. The number of aliphatic hydroxyl groups is 1. The Balaban J connectivity index is 1.59. The topological polar surface area (TPSA) is 59.0 Å². The van der Waals surface area contributed by atoms with Crippen molar-refractivity contribution in [2.24, 2.45) is 0 Å². The summed E-state index contributed by atoms with van der Waals surface area (Å²) < 4.78 is 25.2. The summed E-state index contributed by atoms with van der Waals surface area (Å²) in [5, 5.41) is 10.8. The lowest BCUT2D eigenvalue weighted by atomic mass is 9.98. The molecule has 0 aromatic heterocycles. The number of nitrogens with zero attached hydrogens (tertiary/aromatic N) is 1. The van der Waals surface area contributed by atoms with Gasteiger partial charge in [-0.25, -0.2) is 9.18 Å². The number of carbonyl (C=O) groups is 1. The Morgan fingerprint density at radius 2 is 2.03 bits per heavy atom. The molecular weight excluding hydrogens is 457 g/mol. The van der Waals surface area contributed by atoms with E-state index in [2.05, 4.69) is 4.90 Å². The van der Waals surface area contributed by atoms with Gasteiger partial charge in [-0.3, -0.25) is 4.90 Å². The number of aliphatic hydroxyl groups excluding tert-OH is 1. The molecule has 1 aliphatic heterocycles. The number of likely N-dealkylation sites (tertiary alicyclic amines) is 1. The third kappa shape index (κ3) is 7.99. The van der Waals surface area contributed by atoms with Gasteiger partial charge in [0.2, 0.25) is 0 Å². The molecule has 196 valence electrons. The van der Waals surface area contributed by atoms with Gasteiger partial charge >= 0.3 is 5.97 Å². The molecule has 0 saturated carbocycles. The molecule has 2 aromatic carbocycles. The van der Waals surface area contributed by atoms with Crippen molar-refractivity contribution in [3.8, 4) is 0 Å². The summed E-state index contributed by atoms with van der Waals surface area (Å²) in [6.45, 7) is 9.62. The van der Waals surface area contributed by atoms with Crippen LogP contribution in [0.25, 0.3) is 6.08 Å². The lowest BCUT2D eigenvalue weighted by molar-refractivity contribution is -0.137. The monoisotopic (exact) mass is 497 g/mol. The number of esters is 1. The SMILES string of the molecule is CCOC(=O)C=Cc1cc(C)ccc1[C@@H](CC)OC[C@H](O)CN1CCC[C@H]1Cc1ccc(C)c(F)c1. The fraction of sp³-hybridized carbons (Fsp3) is 0.500. The van der Waals surface area contributed by atoms with Crippen LogP contribution in [-0.2, 0) is 20.7 Å². The van der Waals surface area contributed by atoms with Crippen LogP contribution in [0.4, 0.5) is 4.39 Å². The Kier molecular flexibility index (Phi) is 10.7. The van der Waals surface area contributed by atoms with Crippen molar-refractivity contribution in [1.29, 1.82) is 0 Å². The first kappa shape index (κ1) is 28.0. The molecule has 3 atom stereocenters. The van der Waals surface area contributed by atoms with Crippen LogP contribution in [0.3, 0.4) is 0 Å². The van der Waals surface area contributed by atoms with Crippen LogP contribution in [0.1, 0.15) is 67.0 Å². The average Bonchev–Trinajstić information content (AvgIpc) is 3.27. The predicted molar refractivity (Wildman–Crippen MR) is 141 cm³/mol. The van der Waals surface area contributed by atoms with E-state index in [9.17, 15) is 14.3 Å². The van der Waals surface area contributed by atoms with Crippen LogP contribution >= 0.6 is 0 Å². The molecule has 3 rings (SSSR count). The second kappa shape index (κ2) is 13.7. The number of ether oxygens (including phenoxy) is 2. The largest absolute Gasteiger partial charge is 0.463 e. The van der Waals surface area contributed by atoms with Gasteiger partial charge in [0, 0.05) is 18.7 Å². The standard InChI is InChI=1S/C30H40FNO4/c1-5-29(27-13-9-21(3)16-24(27)12-14-30(34)35-6-2)36-20-26(33)19-32-15-7-8-25(32)17-23-11-10-22(4)28(31)18-23/h9-14,16,18,25-26,29,33H,5-8,15,17,19-20H2,1-4H3/t25-,26+,29+/m0/s1. The second-order valence-corrected chi connectivity index (χ2v) is 9.68. The predicted octanol–water partition coefficient (Wildman–Crippen LogP) is 5.55. The van der Waals surface area contributed by atoms with Crippen LogP contribution < -0.4 is 0 Å². The van der Waals surface area contributed by atoms with Gasteiger partial charge in [0.05, 0.1) is 25.4 Å². The van der Waals surface area contributed by atoms with Gasteiger partial charge in [-0.15, -0.1) is 0 Å². The maximum Gasteiger partial charge on any atom is 0.330 e. The maximum absolute atomic E-state index is 14.0. The zero-order valence-corrected chi connectivity index (χ0v) is 22.0. The maximum atomic E-state index is 14.0. The molecule has 1 fully saturated rings. The summed E-state index contributed by atoms with van der Waals surface area (Å²) in [6.07, 6.45) is 6.01. The molecule has 0 bridgehead atoms. The van der Waals surface area contributed by atoms with E-state index in [0.717, 1.165) is 54.5 Å². The first-order valence-electron chi connectivity index (χ1n) is 13.0. The van der Waals surface area contributed by atoms with Crippen LogP contribution in [0.2, 0.25) is 0 Å². The van der Waals surface area contributed by atoms with E-state index >= 15 is 0 Å².